The minimum absolute atomic E-state index is 0.0561. The largest absolute Gasteiger partial charge is 0.493 e. The van der Waals surface area contributed by atoms with Crippen molar-refractivity contribution in [3.8, 4) is 5.75 Å². The van der Waals surface area contributed by atoms with Crippen LogP contribution in [0.5, 0.6) is 5.75 Å². The highest BCUT2D eigenvalue weighted by Gasteiger charge is 2.12. The Bertz CT molecular complexity index is 714. The van der Waals surface area contributed by atoms with E-state index in [1.807, 2.05) is 24.3 Å². The Labute approximate surface area is 139 Å². The minimum atomic E-state index is -1.19. The summed E-state index contributed by atoms with van der Waals surface area (Å²) >= 11 is 0. The number of aromatic carboxylic acids is 1. The summed E-state index contributed by atoms with van der Waals surface area (Å²) in [5, 5.41) is 11.5. The van der Waals surface area contributed by atoms with E-state index < -0.39 is 11.9 Å². The van der Waals surface area contributed by atoms with Crippen LogP contribution in [0.4, 0.5) is 0 Å². The number of para-hydroxylation sites is 1. The predicted molar refractivity (Wildman–Crippen MR) is 86.9 cm³/mol. The van der Waals surface area contributed by atoms with Gasteiger partial charge in [0.15, 0.2) is 5.69 Å². The van der Waals surface area contributed by atoms with Crippen LogP contribution in [0.25, 0.3) is 0 Å². The van der Waals surface area contributed by atoms with Crippen LogP contribution in [0, 0.1) is 5.92 Å². The van der Waals surface area contributed by atoms with Crippen molar-refractivity contribution >= 4 is 11.9 Å². The molecule has 24 heavy (non-hydrogen) atoms. The van der Waals surface area contributed by atoms with Crippen molar-refractivity contribution in [2.24, 2.45) is 5.92 Å². The van der Waals surface area contributed by atoms with E-state index in [1.165, 1.54) is 0 Å². The van der Waals surface area contributed by atoms with Crippen molar-refractivity contribution in [3.05, 3.63) is 53.6 Å². The van der Waals surface area contributed by atoms with E-state index in [1.54, 1.807) is 0 Å². The Morgan fingerprint density at radius 1 is 1.17 bits per heavy atom. The summed E-state index contributed by atoms with van der Waals surface area (Å²) in [5.74, 6) is -0.502. The Morgan fingerprint density at radius 3 is 2.46 bits per heavy atom. The van der Waals surface area contributed by atoms with Gasteiger partial charge >= 0.3 is 5.97 Å². The molecule has 1 amide bonds. The zero-order chi connectivity index (χ0) is 17.5. The maximum atomic E-state index is 12.1. The number of rotatable bonds is 7. The van der Waals surface area contributed by atoms with Gasteiger partial charge in [-0.05, 0) is 12.0 Å². The lowest BCUT2D eigenvalue weighted by Gasteiger charge is -2.13. The third-order valence-electron chi connectivity index (χ3n) is 3.09. The molecular weight excluding hydrogens is 310 g/mol. The lowest BCUT2D eigenvalue weighted by molar-refractivity contribution is 0.0689. The van der Waals surface area contributed by atoms with Gasteiger partial charge in [0.1, 0.15) is 11.4 Å². The first kappa shape index (κ1) is 17.4. The summed E-state index contributed by atoms with van der Waals surface area (Å²) in [5.41, 5.74) is 0.696. The molecular formula is C17H19N3O4. The minimum Gasteiger partial charge on any atom is -0.493 e. The Balaban J connectivity index is 2.00. The Morgan fingerprint density at radius 2 is 1.83 bits per heavy atom. The Hall–Kier alpha value is -2.96. The number of nitrogens with one attached hydrogen (secondary N) is 1. The average Bonchev–Trinajstić information content (AvgIpc) is 2.58. The summed E-state index contributed by atoms with van der Waals surface area (Å²) < 4.78 is 5.73. The molecule has 0 spiro atoms. The molecule has 0 saturated heterocycles. The van der Waals surface area contributed by atoms with Gasteiger partial charge in [-0.3, -0.25) is 4.79 Å². The van der Waals surface area contributed by atoms with Crippen molar-refractivity contribution < 1.29 is 19.4 Å². The third kappa shape index (κ3) is 4.77. The number of carboxylic acids is 1. The number of amides is 1. The predicted octanol–water partition coefficient (Wildman–Crippen LogP) is 2.14. The van der Waals surface area contributed by atoms with Crippen LogP contribution >= 0.6 is 0 Å². The van der Waals surface area contributed by atoms with Crippen LogP contribution in [0.2, 0.25) is 0 Å². The summed E-state index contributed by atoms with van der Waals surface area (Å²) in [4.78, 5) is 30.3. The molecule has 0 aliphatic heterocycles. The topological polar surface area (TPSA) is 101 Å². The van der Waals surface area contributed by atoms with Gasteiger partial charge in [-0.15, -0.1) is 0 Å². The number of carbonyl (C=O) groups is 2. The van der Waals surface area contributed by atoms with Gasteiger partial charge in [0, 0.05) is 12.1 Å². The zero-order valence-electron chi connectivity index (χ0n) is 13.5. The molecule has 7 heteroatoms. The lowest BCUT2D eigenvalue weighted by Crippen LogP contribution is -2.24. The van der Waals surface area contributed by atoms with Crippen molar-refractivity contribution in [2.45, 2.75) is 20.4 Å². The van der Waals surface area contributed by atoms with E-state index in [0.29, 0.717) is 12.5 Å². The van der Waals surface area contributed by atoms with Crippen LogP contribution in [0.1, 0.15) is 40.4 Å². The maximum absolute atomic E-state index is 12.1. The van der Waals surface area contributed by atoms with E-state index in [-0.39, 0.29) is 17.9 Å². The number of carbonyl (C=O) groups excluding carboxylic acids is 1. The average molecular weight is 329 g/mol. The molecule has 1 heterocycles. The Kier molecular flexibility index (Phi) is 5.83. The lowest BCUT2D eigenvalue weighted by atomic mass is 10.2. The van der Waals surface area contributed by atoms with E-state index in [4.69, 9.17) is 9.84 Å². The van der Waals surface area contributed by atoms with E-state index in [0.717, 1.165) is 23.7 Å². The fourth-order valence-electron chi connectivity index (χ4n) is 1.87. The highest BCUT2D eigenvalue weighted by Crippen LogP contribution is 2.18. The molecule has 1 aromatic carbocycles. The second-order valence-electron chi connectivity index (χ2n) is 5.59. The van der Waals surface area contributed by atoms with E-state index in [2.05, 4.69) is 29.1 Å². The normalized spacial score (nSPS) is 10.5. The number of ether oxygens (including phenoxy) is 1. The number of hydrogen-bond donors (Lipinski definition) is 2. The van der Waals surface area contributed by atoms with Gasteiger partial charge in [-0.2, -0.15) is 0 Å². The smallest absolute Gasteiger partial charge is 0.356 e. The van der Waals surface area contributed by atoms with Gasteiger partial charge in [-0.1, -0.05) is 32.0 Å². The number of nitrogens with zero attached hydrogens (tertiary/aromatic N) is 2. The molecule has 0 atom stereocenters. The van der Waals surface area contributed by atoms with Gasteiger partial charge < -0.3 is 15.2 Å². The molecule has 2 N–H and O–H groups in total. The van der Waals surface area contributed by atoms with Crippen molar-refractivity contribution in [2.75, 3.05) is 6.61 Å². The van der Waals surface area contributed by atoms with Crippen molar-refractivity contribution in [1.82, 2.24) is 15.3 Å². The molecule has 0 aliphatic carbocycles. The molecule has 2 aromatic rings. The molecule has 0 saturated carbocycles. The quantitative estimate of drug-likeness (QED) is 0.807. The molecule has 1 aromatic heterocycles. The van der Waals surface area contributed by atoms with Crippen LogP contribution in [0.15, 0.2) is 36.7 Å². The van der Waals surface area contributed by atoms with Crippen molar-refractivity contribution in [1.29, 1.82) is 0 Å². The molecule has 0 bridgehead atoms. The molecule has 0 radical (unpaired) electrons. The number of carboxylic acid groups (broad SMARTS) is 1. The highest BCUT2D eigenvalue weighted by atomic mass is 16.5. The fraction of sp³-hybridized carbons (Fsp3) is 0.294. The van der Waals surface area contributed by atoms with Crippen LogP contribution < -0.4 is 10.1 Å². The highest BCUT2D eigenvalue weighted by molar-refractivity contribution is 5.92. The second-order valence-corrected chi connectivity index (χ2v) is 5.59. The molecule has 7 nitrogen and oxygen atoms in total. The standard InChI is InChI=1S/C17H19N3O4/c1-11(2)10-24-15-6-4-3-5-12(15)7-20-16(21)13-8-19-14(9-18-13)17(22)23/h3-6,8-9,11H,7,10H2,1-2H3,(H,20,21)(H,22,23). The number of hydrogen-bond acceptors (Lipinski definition) is 5. The summed E-state index contributed by atoms with van der Waals surface area (Å²) in [6.07, 6.45) is 2.19. The first-order chi connectivity index (χ1) is 11.5. The van der Waals surface area contributed by atoms with Gasteiger partial charge in [-0.25, -0.2) is 14.8 Å². The van der Waals surface area contributed by atoms with Crippen LogP contribution in [0.3, 0.4) is 0 Å². The molecule has 0 fully saturated rings. The summed E-state index contributed by atoms with van der Waals surface area (Å²) in [6, 6.07) is 7.46. The monoisotopic (exact) mass is 329 g/mol. The zero-order valence-corrected chi connectivity index (χ0v) is 13.5. The molecule has 0 aliphatic rings. The first-order valence-electron chi connectivity index (χ1n) is 7.51. The maximum Gasteiger partial charge on any atom is 0.356 e. The summed E-state index contributed by atoms with van der Waals surface area (Å²) in [6.45, 7) is 4.98. The number of benzene rings is 1. The third-order valence-corrected chi connectivity index (χ3v) is 3.09. The molecule has 126 valence electrons. The fourth-order valence-corrected chi connectivity index (χ4v) is 1.87. The van der Waals surface area contributed by atoms with Gasteiger partial charge in [0.2, 0.25) is 0 Å². The summed E-state index contributed by atoms with van der Waals surface area (Å²) in [7, 11) is 0. The van der Waals surface area contributed by atoms with Gasteiger partial charge in [0.05, 0.1) is 19.0 Å². The first-order valence-corrected chi connectivity index (χ1v) is 7.51. The second kappa shape index (κ2) is 8.05. The van der Waals surface area contributed by atoms with Crippen LogP contribution in [-0.4, -0.2) is 33.6 Å². The van der Waals surface area contributed by atoms with Crippen molar-refractivity contribution in [3.63, 3.8) is 0 Å². The van der Waals surface area contributed by atoms with E-state index >= 15 is 0 Å². The SMILES string of the molecule is CC(C)COc1ccccc1CNC(=O)c1cnc(C(=O)O)cn1. The number of aromatic nitrogens is 2. The van der Waals surface area contributed by atoms with Crippen LogP contribution in [-0.2, 0) is 6.54 Å². The molecule has 2 rings (SSSR count). The van der Waals surface area contributed by atoms with E-state index in [9.17, 15) is 9.59 Å². The molecule has 0 unspecified atom stereocenters. The van der Waals surface area contributed by atoms with Gasteiger partial charge in [0.25, 0.3) is 5.91 Å².